The van der Waals surface area contributed by atoms with Gasteiger partial charge in [-0.3, -0.25) is 0 Å². The van der Waals surface area contributed by atoms with Crippen molar-refractivity contribution in [2.24, 2.45) is 5.73 Å². The van der Waals surface area contributed by atoms with Crippen LogP contribution in [-0.2, 0) is 6.61 Å². The highest BCUT2D eigenvalue weighted by molar-refractivity contribution is 7.80. The molecule has 0 aliphatic rings. The average molecular weight is 314 g/mol. The van der Waals surface area contributed by atoms with Crippen LogP contribution in [0.5, 0.6) is 5.75 Å². The molecular weight excluding hydrogens is 304 g/mol. The van der Waals surface area contributed by atoms with Crippen molar-refractivity contribution < 1.29 is 13.5 Å². The molecule has 2 aromatic rings. The molecule has 0 spiro atoms. The molecule has 104 valence electrons. The zero-order valence-electron chi connectivity index (χ0n) is 10.2. The number of hydrogen-bond acceptors (Lipinski definition) is 2. The van der Waals surface area contributed by atoms with Crippen LogP contribution in [0.2, 0.25) is 5.02 Å². The fraction of sp³-hybridized carbons (Fsp3) is 0.0714. The Morgan fingerprint density at radius 1 is 1.25 bits per heavy atom. The fourth-order valence-electron chi connectivity index (χ4n) is 1.63. The van der Waals surface area contributed by atoms with Crippen LogP contribution in [0.15, 0.2) is 36.4 Å². The first-order valence-electron chi connectivity index (χ1n) is 5.63. The minimum Gasteiger partial charge on any atom is -0.486 e. The third-order valence-electron chi connectivity index (χ3n) is 2.55. The molecule has 0 amide bonds. The van der Waals surface area contributed by atoms with Crippen LogP contribution >= 0.6 is 23.8 Å². The summed E-state index contributed by atoms with van der Waals surface area (Å²) in [5, 5.41) is -0.0365. The maximum absolute atomic E-state index is 13.6. The van der Waals surface area contributed by atoms with Gasteiger partial charge in [0.2, 0.25) is 0 Å². The molecule has 0 heterocycles. The molecule has 0 bridgehead atoms. The van der Waals surface area contributed by atoms with Crippen molar-refractivity contribution in [1.82, 2.24) is 0 Å². The van der Waals surface area contributed by atoms with Gasteiger partial charge in [-0.1, -0.05) is 29.9 Å². The zero-order chi connectivity index (χ0) is 14.7. The van der Waals surface area contributed by atoms with E-state index >= 15 is 0 Å². The van der Waals surface area contributed by atoms with Gasteiger partial charge in [-0.2, -0.15) is 0 Å². The highest BCUT2D eigenvalue weighted by atomic mass is 35.5. The second kappa shape index (κ2) is 6.15. The summed E-state index contributed by atoms with van der Waals surface area (Å²) in [5.74, 6) is -1.14. The van der Waals surface area contributed by atoms with Crippen LogP contribution in [0, 0.1) is 11.6 Å². The minimum absolute atomic E-state index is 0.00126. The van der Waals surface area contributed by atoms with Crippen molar-refractivity contribution in [2.45, 2.75) is 6.61 Å². The van der Waals surface area contributed by atoms with Gasteiger partial charge in [0.15, 0.2) is 11.6 Å². The lowest BCUT2D eigenvalue weighted by Gasteiger charge is -2.09. The van der Waals surface area contributed by atoms with Crippen molar-refractivity contribution in [1.29, 1.82) is 0 Å². The Morgan fingerprint density at radius 2 is 2.00 bits per heavy atom. The maximum Gasteiger partial charge on any atom is 0.183 e. The monoisotopic (exact) mass is 313 g/mol. The minimum atomic E-state index is -0.653. The van der Waals surface area contributed by atoms with E-state index in [2.05, 4.69) is 0 Å². The number of rotatable bonds is 4. The Balaban J connectivity index is 2.19. The summed E-state index contributed by atoms with van der Waals surface area (Å²) in [4.78, 5) is 0.0830. The van der Waals surface area contributed by atoms with Crippen molar-refractivity contribution in [2.75, 3.05) is 0 Å². The predicted molar refractivity (Wildman–Crippen MR) is 78.0 cm³/mol. The molecule has 0 aliphatic carbocycles. The lowest BCUT2D eigenvalue weighted by molar-refractivity contribution is 0.290. The molecule has 2 nitrogen and oxygen atoms in total. The summed E-state index contributed by atoms with van der Waals surface area (Å²) in [6, 6.07) is 8.50. The zero-order valence-corrected chi connectivity index (χ0v) is 11.8. The summed E-state index contributed by atoms with van der Waals surface area (Å²) in [6.07, 6.45) is 0. The van der Waals surface area contributed by atoms with Gasteiger partial charge in [-0.15, -0.1) is 0 Å². The molecule has 2 rings (SSSR count). The van der Waals surface area contributed by atoms with E-state index in [4.69, 9.17) is 34.3 Å². The second-order valence-electron chi connectivity index (χ2n) is 4.05. The molecule has 0 unspecified atom stereocenters. The van der Waals surface area contributed by atoms with Crippen molar-refractivity contribution in [3.63, 3.8) is 0 Å². The van der Waals surface area contributed by atoms with E-state index in [1.54, 1.807) is 12.1 Å². The van der Waals surface area contributed by atoms with Gasteiger partial charge in [0.1, 0.15) is 17.4 Å². The van der Waals surface area contributed by atoms with Crippen molar-refractivity contribution >= 4 is 28.8 Å². The first-order valence-corrected chi connectivity index (χ1v) is 6.42. The molecule has 0 fully saturated rings. The van der Waals surface area contributed by atoms with Crippen molar-refractivity contribution in [3.05, 3.63) is 64.2 Å². The van der Waals surface area contributed by atoms with Crippen LogP contribution in [0.25, 0.3) is 0 Å². The lowest BCUT2D eigenvalue weighted by Crippen LogP contribution is -2.10. The van der Waals surface area contributed by atoms with E-state index in [9.17, 15) is 8.78 Å². The summed E-state index contributed by atoms with van der Waals surface area (Å²) in [5.41, 5.74) is 6.34. The standard InChI is InChI=1S/C14H10ClF2NOS/c15-11-2-1-3-12(13(11)17)19-7-8-4-9(14(18)20)6-10(16)5-8/h1-6H,7H2,(H2,18,20). The summed E-state index contributed by atoms with van der Waals surface area (Å²) >= 11 is 10.4. The molecular formula is C14H10ClF2NOS. The highest BCUT2D eigenvalue weighted by Crippen LogP contribution is 2.25. The van der Waals surface area contributed by atoms with Gasteiger partial charge in [-0.05, 0) is 35.9 Å². The Hall–Kier alpha value is -1.72. The van der Waals surface area contributed by atoms with Gasteiger partial charge in [-0.25, -0.2) is 8.78 Å². The van der Waals surface area contributed by atoms with Gasteiger partial charge < -0.3 is 10.5 Å². The van der Waals surface area contributed by atoms with Crippen LogP contribution in [-0.4, -0.2) is 4.99 Å². The first-order chi connectivity index (χ1) is 9.47. The van der Waals surface area contributed by atoms with Crippen molar-refractivity contribution in [3.8, 4) is 5.75 Å². The SMILES string of the molecule is NC(=S)c1cc(F)cc(COc2cccc(Cl)c2F)c1. The molecule has 0 radical (unpaired) electrons. The van der Waals surface area contributed by atoms with Gasteiger partial charge in [0, 0.05) is 5.56 Å². The molecule has 2 N–H and O–H groups in total. The van der Waals surface area contributed by atoms with Gasteiger partial charge in [0.25, 0.3) is 0 Å². The molecule has 20 heavy (non-hydrogen) atoms. The van der Waals surface area contributed by atoms with Crippen LogP contribution in [0.3, 0.4) is 0 Å². The highest BCUT2D eigenvalue weighted by Gasteiger charge is 2.09. The Labute approximate surface area is 125 Å². The maximum atomic E-state index is 13.6. The van der Waals surface area contributed by atoms with E-state index in [0.717, 1.165) is 0 Å². The third-order valence-corrected chi connectivity index (χ3v) is 3.08. The Morgan fingerprint density at radius 3 is 2.70 bits per heavy atom. The molecule has 6 heteroatoms. The molecule has 0 atom stereocenters. The van der Waals surface area contributed by atoms with E-state index in [-0.39, 0.29) is 22.4 Å². The summed E-state index contributed by atoms with van der Waals surface area (Å²) in [6.45, 7) is -0.0232. The van der Waals surface area contributed by atoms with Gasteiger partial charge >= 0.3 is 0 Å². The molecule has 0 saturated heterocycles. The number of ether oxygens (including phenoxy) is 1. The molecule has 0 aliphatic heterocycles. The number of benzene rings is 2. The average Bonchev–Trinajstić information content (AvgIpc) is 2.40. The third kappa shape index (κ3) is 3.43. The topological polar surface area (TPSA) is 35.2 Å². The number of thiocarbonyl (C=S) groups is 1. The Bertz CT molecular complexity index is 664. The predicted octanol–water partition coefficient (Wildman–Crippen LogP) is 3.83. The lowest BCUT2D eigenvalue weighted by atomic mass is 10.1. The van der Waals surface area contributed by atoms with E-state index in [1.165, 1.54) is 24.3 Å². The number of nitrogens with two attached hydrogens (primary N) is 1. The smallest absolute Gasteiger partial charge is 0.183 e. The largest absolute Gasteiger partial charge is 0.486 e. The van der Waals surface area contributed by atoms with Gasteiger partial charge in [0.05, 0.1) is 5.02 Å². The molecule has 0 saturated carbocycles. The second-order valence-corrected chi connectivity index (χ2v) is 4.90. The molecule has 2 aromatic carbocycles. The summed E-state index contributed by atoms with van der Waals surface area (Å²) < 4.78 is 32.3. The number of hydrogen-bond donors (Lipinski definition) is 1. The van der Waals surface area contributed by atoms with E-state index in [0.29, 0.717) is 11.1 Å². The Kier molecular flexibility index (Phi) is 4.52. The normalized spacial score (nSPS) is 10.3. The number of halogens is 3. The van der Waals surface area contributed by atoms with Crippen LogP contribution in [0.4, 0.5) is 8.78 Å². The van der Waals surface area contributed by atoms with E-state index in [1.807, 2.05) is 0 Å². The quantitative estimate of drug-likeness (QED) is 0.871. The first kappa shape index (κ1) is 14.7. The van der Waals surface area contributed by atoms with Crippen LogP contribution in [0.1, 0.15) is 11.1 Å². The summed E-state index contributed by atoms with van der Waals surface area (Å²) in [7, 11) is 0. The molecule has 0 aromatic heterocycles. The fourth-order valence-corrected chi connectivity index (χ4v) is 1.92. The van der Waals surface area contributed by atoms with Crippen LogP contribution < -0.4 is 10.5 Å². The van der Waals surface area contributed by atoms with E-state index < -0.39 is 11.6 Å².